The lowest BCUT2D eigenvalue weighted by Crippen LogP contribution is -2.22. The van der Waals surface area contributed by atoms with Crippen LogP contribution in [0.2, 0.25) is 0 Å². The van der Waals surface area contributed by atoms with Gasteiger partial charge in [-0.2, -0.15) is 0 Å². The lowest BCUT2D eigenvalue weighted by molar-refractivity contribution is -0.137. The Balaban J connectivity index is 2.13. The first kappa shape index (κ1) is 19.4. The highest BCUT2D eigenvalue weighted by Crippen LogP contribution is 2.24. The molecular weight excluding hydrogens is 328 g/mol. The van der Waals surface area contributed by atoms with Crippen LogP contribution in [0, 0.1) is 0 Å². The normalized spacial score (nSPS) is 11.2. The van der Waals surface area contributed by atoms with Crippen molar-refractivity contribution < 1.29 is 14.7 Å². The summed E-state index contributed by atoms with van der Waals surface area (Å²) in [6.07, 6.45) is 7.87. The average molecular weight is 352 g/mol. The van der Waals surface area contributed by atoms with Crippen LogP contribution in [-0.4, -0.2) is 28.5 Å². The van der Waals surface area contributed by atoms with Crippen LogP contribution in [0.4, 0.5) is 0 Å². The molecule has 2 rings (SSSR count). The summed E-state index contributed by atoms with van der Waals surface area (Å²) in [5, 5.41) is 11.6. The van der Waals surface area contributed by atoms with Crippen LogP contribution in [0.15, 0.2) is 54.9 Å². The number of allylic oxidation sites excluding steroid dienone is 1. The molecule has 0 bridgehead atoms. The minimum Gasteiger partial charge on any atom is -0.481 e. The number of aromatic nitrogens is 1. The summed E-state index contributed by atoms with van der Waals surface area (Å²) in [6.45, 7) is 2.13. The van der Waals surface area contributed by atoms with Crippen molar-refractivity contribution in [2.24, 2.45) is 0 Å². The van der Waals surface area contributed by atoms with Gasteiger partial charge in [0.1, 0.15) is 0 Å². The number of amides is 1. The molecule has 0 spiro atoms. The molecule has 0 fully saturated rings. The number of benzene rings is 1. The third-order valence-corrected chi connectivity index (χ3v) is 3.97. The number of nitrogens with zero attached hydrogens (tertiary/aromatic N) is 1. The molecular formula is C21H24N2O3. The minimum atomic E-state index is -0.773. The first-order valence-corrected chi connectivity index (χ1v) is 8.72. The number of aliphatic carboxylic acids is 1. The molecule has 0 aliphatic rings. The zero-order valence-electron chi connectivity index (χ0n) is 14.9. The summed E-state index contributed by atoms with van der Waals surface area (Å²) in [5.74, 6) is -0.797. The predicted octanol–water partition coefficient (Wildman–Crippen LogP) is 3.45. The van der Waals surface area contributed by atoms with Gasteiger partial charge in [0.05, 0.1) is 0 Å². The summed E-state index contributed by atoms with van der Waals surface area (Å²) in [5.41, 5.74) is 4.28. The van der Waals surface area contributed by atoms with E-state index in [0.29, 0.717) is 19.4 Å². The average Bonchev–Trinajstić information content (AvgIpc) is 2.63. The van der Waals surface area contributed by atoms with Gasteiger partial charge in [0.15, 0.2) is 0 Å². The monoisotopic (exact) mass is 352 g/mol. The van der Waals surface area contributed by atoms with Crippen molar-refractivity contribution in [2.45, 2.75) is 32.6 Å². The Kier molecular flexibility index (Phi) is 7.55. The maximum Gasteiger partial charge on any atom is 0.303 e. The number of nitrogens with one attached hydrogen (secondary N) is 1. The SMILES string of the molecule is CC(=O)NCCc1ccc(C(=CCCCC(=O)O)c2cccnc2)cc1. The minimum absolute atomic E-state index is 0.0234. The van der Waals surface area contributed by atoms with Crippen LogP contribution in [0.3, 0.4) is 0 Å². The van der Waals surface area contributed by atoms with Crippen LogP contribution < -0.4 is 5.32 Å². The smallest absolute Gasteiger partial charge is 0.303 e. The summed E-state index contributed by atoms with van der Waals surface area (Å²) in [7, 11) is 0. The van der Waals surface area contributed by atoms with Crippen molar-refractivity contribution in [2.75, 3.05) is 6.54 Å². The first-order chi connectivity index (χ1) is 12.6. The number of unbranched alkanes of at least 4 members (excludes halogenated alkanes) is 1. The van der Waals surface area contributed by atoms with E-state index in [4.69, 9.17) is 5.11 Å². The number of carboxylic acid groups (broad SMARTS) is 1. The number of carboxylic acids is 1. The van der Waals surface area contributed by atoms with Gasteiger partial charge in [0.2, 0.25) is 5.91 Å². The lowest BCUT2D eigenvalue weighted by Gasteiger charge is -2.10. The van der Waals surface area contributed by atoms with Crippen molar-refractivity contribution in [3.05, 3.63) is 71.6 Å². The molecule has 1 aromatic heterocycles. The highest BCUT2D eigenvalue weighted by molar-refractivity contribution is 5.79. The van der Waals surface area contributed by atoms with Gasteiger partial charge >= 0.3 is 5.97 Å². The van der Waals surface area contributed by atoms with Crippen LogP contribution in [-0.2, 0) is 16.0 Å². The largest absolute Gasteiger partial charge is 0.481 e. The molecule has 0 saturated heterocycles. The Labute approximate surface area is 153 Å². The van der Waals surface area contributed by atoms with Crippen LogP contribution in [0.1, 0.15) is 42.9 Å². The number of carbonyl (C=O) groups excluding carboxylic acids is 1. The van der Waals surface area contributed by atoms with Gasteiger partial charge in [-0.3, -0.25) is 14.6 Å². The maximum atomic E-state index is 10.9. The molecule has 136 valence electrons. The fraction of sp³-hybridized carbons (Fsp3) is 0.286. The molecule has 1 amide bonds. The molecule has 26 heavy (non-hydrogen) atoms. The second-order valence-electron chi connectivity index (χ2n) is 6.08. The summed E-state index contributed by atoms with van der Waals surface area (Å²) in [6, 6.07) is 12.1. The predicted molar refractivity (Wildman–Crippen MR) is 102 cm³/mol. The van der Waals surface area contributed by atoms with Gasteiger partial charge in [0, 0.05) is 37.8 Å². The molecule has 0 aliphatic heterocycles. The van der Waals surface area contributed by atoms with E-state index in [0.717, 1.165) is 28.7 Å². The third-order valence-electron chi connectivity index (χ3n) is 3.97. The number of hydrogen-bond acceptors (Lipinski definition) is 3. The van der Waals surface area contributed by atoms with E-state index in [9.17, 15) is 9.59 Å². The van der Waals surface area contributed by atoms with Crippen LogP contribution >= 0.6 is 0 Å². The van der Waals surface area contributed by atoms with E-state index in [-0.39, 0.29) is 12.3 Å². The van der Waals surface area contributed by atoms with E-state index in [1.807, 2.05) is 18.3 Å². The number of rotatable bonds is 9. The first-order valence-electron chi connectivity index (χ1n) is 8.72. The Morgan fingerprint density at radius 2 is 1.92 bits per heavy atom. The zero-order chi connectivity index (χ0) is 18.8. The van der Waals surface area contributed by atoms with Gasteiger partial charge in [0.25, 0.3) is 0 Å². The van der Waals surface area contributed by atoms with Crippen molar-refractivity contribution >= 4 is 17.4 Å². The molecule has 5 nitrogen and oxygen atoms in total. The zero-order valence-corrected chi connectivity index (χ0v) is 14.9. The molecule has 0 saturated carbocycles. The Bertz CT molecular complexity index is 753. The summed E-state index contributed by atoms with van der Waals surface area (Å²) < 4.78 is 0. The van der Waals surface area contributed by atoms with E-state index in [2.05, 4.69) is 40.6 Å². The quantitative estimate of drug-likeness (QED) is 0.678. The van der Waals surface area contributed by atoms with Gasteiger partial charge < -0.3 is 10.4 Å². The van der Waals surface area contributed by atoms with Gasteiger partial charge in [-0.1, -0.05) is 36.4 Å². The molecule has 0 atom stereocenters. The highest BCUT2D eigenvalue weighted by Gasteiger charge is 2.06. The van der Waals surface area contributed by atoms with Crippen LogP contribution in [0.25, 0.3) is 5.57 Å². The second-order valence-corrected chi connectivity index (χ2v) is 6.08. The maximum absolute atomic E-state index is 10.9. The van der Waals surface area contributed by atoms with E-state index in [1.54, 1.807) is 6.20 Å². The van der Waals surface area contributed by atoms with E-state index >= 15 is 0 Å². The van der Waals surface area contributed by atoms with Gasteiger partial charge in [-0.15, -0.1) is 0 Å². The van der Waals surface area contributed by atoms with Crippen molar-refractivity contribution in [1.82, 2.24) is 10.3 Å². The van der Waals surface area contributed by atoms with Crippen molar-refractivity contribution in [3.8, 4) is 0 Å². The van der Waals surface area contributed by atoms with Crippen LogP contribution in [0.5, 0.6) is 0 Å². The molecule has 2 N–H and O–H groups in total. The molecule has 0 aliphatic carbocycles. The second kappa shape index (κ2) is 10.1. The topological polar surface area (TPSA) is 79.3 Å². The fourth-order valence-corrected chi connectivity index (χ4v) is 2.66. The van der Waals surface area contributed by atoms with Gasteiger partial charge in [-0.25, -0.2) is 0 Å². The standard InChI is InChI=1S/C21H24N2O3/c1-16(24)23-14-12-17-8-10-18(11-9-17)20(6-2-3-7-21(25)26)19-5-4-13-22-15-19/h4-6,8-11,13,15H,2-3,7,12,14H2,1H3,(H,23,24)(H,25,26). The van der Waals surface area contributed by atoms with E-state index in [1.165, 1.54) is 6.92 Å². The molecule has 0 unspecified atom stereocenters. The summed E-state index contributed by atoms with van der Waals surface area (Å²) in [4.78, 5) is 25.8. The van der Waals surface area contributed by atoms with Crippen molar-refractivity contribution in [1.29, 1.82) is 0 Å². The molecule has 0 radical (unpaired) electrons. The van der Waals surface area contributed by atoms with E-state index < -0.39 is 5.97 Å². The highest BCUT2D eigenvalue weighted by atomic mass is 16.4. The molecule has 1 aromatic carbocycles. The van der Waals surface area contributed by atoms with Gasteiger partial charge in [-0.05, 0) is 42.0 Å². The van der Waals surface area contributed by atoms with Crippen molar-refractivity contribution in [3.63, 3.8) is 0 Å². The Morgan fingerprint density at radius 3 is 2.54 bits per heavy atom. The Hall–Kier alpha value is -2.95. The number of pyridine rings is 1. The molecule has 2 aromatic rings. The lowest BCUT2D eigenvalue weighted by atomic mass is 9.96. The number of hydrogen-bond donors (Lipinski definition) is 2. The fourth-order valence-electron chi connectivity index (χ4n) is 2.66. The molecule has 1 heterocycles. The summed E-state index contributed by atoms with van der Waals surface area (Å²) >= 11 is 0. The molecule has 5 heteroatoms. The Morgan fingerprint density at radius 1 is 1.15 bits per heavy atom. The third kappa shape index (κ3) is 6.51. The number of carbonyl (C=O) groups is 2.